The summed E-state index contributed by atoms with van der Waals surface area (Å²) in [6.45, 7) is 2.18. The smallest absolute Gasteiger partial charge is 0.303 e. The molecule has 0 fully saturated rings. The predicted molar refractivity (Wildman–Crippen MR) is 87.1 cm³/mol. The minimum atomic E-state index is -0.696. The molecule has 0 aromatic rings. The first kappa shape index (κ1) is 20.0. The van der Waals surface area contributed by atoms with Gasteiger partial charge >= 0.3 is 5.97 Å². The van der Waals surface area contributed by atoms with Crippen molar-refractivity contribution >= 4 is 5.97 Å². The Morgan fingerprint density at radius 2 is 1.57 bits per heavy atom. The van der Waals surface area contributed by atoms with Crippen LogP contribution in [0.1, 0.15) is 90.4 Å². The minimum Gasteiger partial charge on any atom is -0.481 e. The topological polar surface area (TPSA) is 57.5 Å². The lowest BCUT2D eigenvalue weighted by Gasteiger charge is -2.02. The third-order valence-electron chi connectivity index (χ3n) is 3.54. The van der Waals surface area contributed by atoms with E-state index in [9.17, 15) is 9.90 Å². The van der Waals surface area contributed by atoms with Crippen molar-refractivity contribution in [2.75, 3.05) is 0 Å². The number of carboxylic acids is 1. The summed E-state index contributed by atoms with van der Waals surface area (Å²) in [7, 11) is 0. The molecule has 0 heterocycles. The standard InChI is InChI=1S/C18H32O3/c1-2-3-4-11-14-17(19)15-12-9-7-5-6-8-10-13-16-18(20)21/h17,19H,2-11,13-14,16H2,1H3,(H,20,21). The monoisotopic (exact) mass is 296 g/mol. The summed E-state index contributed by atoms with van der Waals surface area (Å²) in [4.78, 5) is 10.3. The van der Waals surface area contributed by atoms with Crippen molar-refractivity contribution in [2.45, 2.75) is 96.5 Å². The quantitative estimate of drug-likeness (QED) is 0.388. The van der Waals surface area contributed by atoms with Gasteiger partial charge in [0.2, 0.25) is 0 Å². The lowest BCUT2D eigenvalue weighted by molar-refractivity contribution is -0.137. The van der Waals surface area contributed by atoms with Crippen molar-refractivity contribution in [1.29, 1.82) is 0 Å². The van der Waals surface area contributed by atoms with Crippen LogP contribution in [0.4, 0.5) is 0 Å². The summed E-state index contributed by atoms with van der Waals surface area (Å²) < 4.78 is 0. The van der Waals surface area contributed by atoms with Gasteiger partial charge in [0.1, 0.15) is 6.10 Å². The Labute approximate surface area is 130 Å². The molecule has 0 aliphatic carbocycles. The van der Waals surface area contributed by atoms with Crippen molar-refractivity contribution in [1.82, 2.24) is 0 Å². The molecule has 0 aliphatic rings. The second-order valence-corrected chi connectivity index (χ2v) is 5.70. The molecule has 0 aromatic heterocycles. The number of carboxylic acid groups (broad SMARTS) is 1. The number of hydrogen-bond donors (Lipinski definition) is 2. The molecule has 0 bridgehead atoms. The van der Waals surface area contributed by atoms with Crippen LogP contribution >= 0.6 is 0 Å². The third kappa shape index (κ3) is 16.9. The largest absolute Gasteiger partial charge is 0.481 e. The van der Waals surface area contributed by atoms with Crippen LogP contribution in [-0.2, 0) is 4.79 Å². The first-order valence-corrected chi connectivity index (χ1v) is 8.55. The summed E-state index contributed by atoms with van der Waals surface area (Å²) in [5, 5.41) is 18.2. The van der Waals surface area contributed by atoms with Crippen molar-refractivity contribution in [2.24, 2.45) is 0 Å². The Hall–Kier alpha value is -1.01. The average molecular weight is 296 g/mol. The Balaban J connectivity index is 3.30. The Morgan fingerprint density at radius 1 is 0.952 bits per heavy atom. The van der Waals surface area contributed by atoms with Crippen molar-refractivity contribution < 1.29 is 15.0 Å². The van der Waals surface area contributed by atoms with E-state index in [1.807, 2.05) is 0 Å². The van der Waals surface area contributed by atoms with Gasteiger partial charge in [0.25, 0.3) is 0 Å². The Bertz CT molecular complexity index is 301. The van der Waals surface area contributed by atoms with E-state index in [0.29, 0.717) is 6.42 Å². The van der Waals surface area contributed by atoms with E-state index in [1.165, 1.54) is 19.3 Å². The molecule has 0 aliphatic heterocycles. The maximum absolute atomic E-state index is 10.3. The molecule has 0 aromatic carbocycles. The molecule has 0 spiro atoms. The lowest BCUT2D eigenvalue weighted by atomic mass is 10.1. The maximum Gasteiger partial charge on any atom is 0.303 e. The van der Waals surface area contributed by atoms with Crippen LogP contribution in [0.2, 0.25) is 0 Å². The van der Waals surface area contributed by atoms with Gasteiger partial charge in [-0.2, -0.15) is 0 Å². The van der Waals surface area contributed by atoms with E-state index in [0.717, 1.165) is 57.8 Å². The van der Waals surface area contributed by atoms with Crippen molar-refractivity contribution in [3.63, 3.8) is 0 Å². The molecule has 3 heteroatoms. The fourth-order valence-corrected chi connectivity index (χ4v) is 2.22. The van der Waals surface area contributed by atoms with Crippen LogP contribution in [-0.4, -0.2) is 22.3 Å². The summed E-state index contributed by atoms with van der Waals surface area (Å²) in [5.74, 6) is 5.29. The normalized spacial score (nSPS) is 11.7. The van der Waals surface area contributed by atoms with E-state index < -0.39 is 12.1 Å². The molecular weight excluding hydrogens is 264 g/mol. The van der Waals surface area contributed by atoms with Gasteiger partial charge in [-0.25, -0.2) is 0 Å². The Kier molecular flexibility index (Phi) is 14.6. The highest BCUT2D eigenvalue weighted by Gasteiger charge is 1.98. The number of aliphatic hydroxyl groups is 1. The number of hydrogen-bond acceptors (Lipinski definition) is 2. The fraction of sp³-hybridized carbons (Fsp3) is 0.833. The fourth-order valence-electron chi connectivity index (χ4n) is 2.22. The summed E-state index contributed by atoms with van der Waals surface area (Å²) >= 11 is 0. The highest BCUT2D eigenvalue weighted by Crippen LogP contribution is 2.08. The second-order valence-electron chi connectivity index (χ2n) is 5.70. The van der Waals surface area contributed by atoms with Gasteiger partial charge < -0.3 is 10.2 Å². The number of carbonyl (C=O) groups is 1. The predicted octanol–water partition coefficient (Wildman–Crippen LogP) is 4.53. The Morgan fingerprint density at radius 3 is 2.24 bits per heavy atom. The van der Waals surface area contributed by atoms with Crippen molar-refractivity contribution in [3.8, 4) is 11.8 Å². The minimum absolute atomic E-state index is 0.293. The number of rotatable bonds is 13. The molecule has 1 atom stereocenters. The van der Waals surface area contributed by atoms with E-state index in [1.54, 1.807) is 0 Å². The SMILES string of the molecule is CCCCCCC(O)C#CCCCCCCCCC(=O)O. The highest BCUT2D eigenvalue weighted by molar-refractivity contribution is 5.66. The van der Waals surface area contributed by atoms with Gasteiger partial charge in [-0.3, -0.25) is 4.79 Å². The zero-order valence-corrected chi connectivity index (χ0v) is 13.6. The van der Waals surface area contributed by atoms with Crippen LogP contribution in [0.15, 0.2) is 0 Å². The molecule has 0 saturated heterocycles. The first-order valence-electron chi connectivity index (χ1n) is 8.55. The zero-order valence-electron chi connectivity index (χ0n) is 13.6. The number of aliphatic hydroxyl groups excluding tert-OH is 1. The maximum atomic E-state index is 10.3. The van der Waals surface area contributed by atoms with Gasteiger partial charge in [-0.05, 0) is 25.7 Å². The zero-order chi connectivity index (χ0) is 15.8. The van der Waals surface area contributed by atoms with Crippen LogP contribution in [0, 0.1) is 11.8 Å². The highest BCUT2D eigenvalue weighted by atomic mass is 16.4. The number of aliphatic carboxylic acids is 1. The van der Waals surface area contributed by atoms with Crippen molar-refractivity contribution in [3.05, 3.63) is 0 Å². The number of unbranched alkanes of at least 4 members (excludes halogenated alkanes) is 9. The molecule has 0 amide bonds. The summed E-state index contributed by atoms with van der Waals surface area (Å²) in [5.41, 5.74) is 0. The van der Waals surface area contributed by atoms with E-state index in [4.69, 9.17) is 5.11 Å². The van der Waals surface area contributed by atoms with Crippen LogP contribution < -0.4 is 0 Å². The van der Waals surface area contributed by atoms with Gasteiger partial charge in [-0.15, -0.1) is 5.92 Å². The molecule has 21 heavy (non-hydrogen) atoms. The summed E-state index contributed by atoms with van der Waals surface area (Å²) in [6.07, 6.45) is 12.5. The average Bonchev–Trinajstić information content (AvgIpc) is 2.45. The van der Waals surface area contributed by atoms with Gasteiger partial charge in [-0.1, -0.05) is 57.8 Å². The first-order chi connectivity index (χ1) is 10.2. The molecule has 122 valence electrons. The van der Waals surface area contributed by atoms with Gasteiger partial charge in [0.15, 0.2) is 0 Å². The molecule has 0 rings (SSSR count). The second kappa shape index (κ2) is 15.4. The molecule has 0 saturated carbocycles. The third-order valence-corrected chi connectivity index (χ3v) is 3.54. The molecule has 2 N–H and O–H groups in total. The van der Waals surface area contributed by atoms with Crippen LogP contribution in [0.5, 0.6) is 0 Å². The molecular formula is C18H32O3. The van der Waals surface area contributed by atoms with Gasteiger partial charge in [0.05, 0.1) is 0 Å². The van der Waals surface area contributed by atoms with E-state index in [-0.39, 0.29) is 0 Å². The summed E-state index contributed by atoms with van der Waals surface area (Å²) in [6, 6.07) is 0. The van der Waals surface area contributed by atoms with Crippen LogP contribution in [0.3, 0.4) is 0 Å². The molecule has 3 nitrogen and oxygen atoms in total. The molecule has 1 unspecified atom stereocenters. The van der Waals surface area contributed by atoms with E-state index in [2.05, 4.69) is 18.8 Å². The van der Waals surface area contributed by atoms with Gasteiger partial charge in [0, 0.05) is 12.8 Å². The molecule has 0 radical (unpaired) electrons. The van der Waals surface area contributed by atoms with E-state index >= 15 is 0 Å². The van der Waals surface area contributed by atoms with Crippen LogP contribution in [0.25, 0.3) is 0 Å². The lowest BCUT2D eigenvalue weighted by Crippen LogP contribution is -2.02.